The SMILES string of the molecule is NC(=O)c1c(O)c(-c2cnc3c(ccc4c5cc6ccccc6cc5ccc43)c2)cc2cc(C(=O)O)ccc12. The highest BCUT2D eigenvalue weighted by molar-refractivity contribution is 6.19. The second-order valence-corrected chi connectivity index (χ2v) is 9.70. The van der Waals surface area contributed by atoms with E-state index >= 15 is 0 Å². The van der Waals surface area contributed by atoms with Crippen LogP contribution in [0.2, 0.25) is 0 Å². The van der Waals surface area contributed by atoms with Gasteiger partial charge in [-0.1, -0.05) is 54.6 Å². The molecule has 0 aliphatic carbocycles. The number of amides is 1. The van der Waals surface area contributed by atoms with E-state index in [2.05, 4.69) is 42.5 Å². The highest BCUT2D eigenvalue weighted by Crippen LogP contribution is 2.40. The lowest BCUT2D eigenvalue weighted by Gasteiger charge is -2.14. The minimum Gasteiger partial charge on any atom is -0.506 e. The number of carbonyl (C=O) groups excluding carboxylic acids is 1. The summed E-state index contributed by atoms with van der Waals surface area (Å²) in [6, 6.07) is 28.8. The number of carbonyl (C=O) groups is 2. The number of pyridine rings is 1. The number of carboxylic acids is 1. The molecule has 1 heterocycles. The van der Waals surface area contributed by atoms with Gasteiger partial charge < -0.3 is 15.9 Å². The standard InChI is InChI=1S/C33H20N2O4/c34-32(37)29-24-8-7-21(33(38)39)13-22(24)15-28(31(29)36)23-12-20-6-9-25-26(30(20)35-16-23)10-5-19-11-17-3-1-2-4-18(17)14-27(19)25/h1-16,36H,(H2,34,37)(H,38,39). The Balaban J connectivity index is 1.45. The summed E-state index contributed by atoms with van der Waals surface area (Å²) in [5.41, 5.74) is 7.38. The van der Waals surface area contributed by atoms with Gasteiger partial charge in [0.05, 0.1) is 16.6 Å². The number of hydrogen-bond donors (Lipinski definition) is 3. The number of benzene rings is 6. The molecule has 4 N–H and O–H groups in total. The first kappa shape index (κ1) is 22.7. The number of nitrogens with zero attached hydrogens (tertiary/aromatic N) is 1. The zero-order chi connectivity index (χ0) is 26.8. The van der Waals surface area contributed by atoms with Gasteiger partial charge in [0.25, 0.3) is 5.91 Å². The van der Waals surface area contributed by atoms with Gasteiger partial charge in [-0.05, 0) is 74.1 Å². The zero-order valence-corrected chi connectivity index (χ0v) is 20.5. The smallest absolute Gasteiger partial charge is 0.335 e. The fourth-order valence-corrected chi connectivity index (χ4v) is 5.58. The lowest BCUT2D eigenvalue weighted by atomic mass is 9.93. The predicted molar refractivity (Wildman–Crippen MR) is 154 cm³/mol. The lowest BCUT2D eigenvalue weighted by Crippen LogP contribution is -2.12. The second-order valence-electron chi connectivity index (χ2n) is 9.70. The number of rotatable bonds is 3. The molecule has 0 saturated carbocycles. The molecule has 0 radical (unpaired) electrons. The van der Waals surface area contributed by atoms with Crippen molar-refractivity contribution in [2.24, 2.45) is 5.73 Å². The predicted octanol–water partition coefficient (Wildman–Crippen LogP) is 7.02. The van der Waals surface area contributed by atoms with E-state index in [1.807, 2.05) is 24.3 Å². The third kappa shape index (κ3) is 3.46. The highest BCUT2D eigenvalue weighted by atomic mass is 16.4. The van der Waals surface area contributed by atoms with Crippen LogP contribution in [0.3, 0.4) is 0 Å². The molecule has 0 spiro atoms. The molecule has 6 nitrogen and oxygen atoms in total. The first-order valence-corrected chi connectivity index (χ1v) is 12.4. The Kier molecular flexibility index (Phi) is 4.81. The Bertz CT molecular complexity index is 2200. The molecule has 0 saturated heterocycles. The molecule has 0 unspecified atom stereocenters. The van der Waals surface area contributed by atoms with Gasteiger partial charge in [0.1, 0.15) is 5.75 Å². The quantitative estimate of drug-likeness (QED) is 0.175. The van der Waals surface area contributed by atoms with E-state index in [-0.39, 0.29) is 16.9 Å². The van der Waals surface area contributed by atoms with Crippen LogP contribution in [0.1, 0.15) is 20.7 Å². The Morgan fingerprint density at radius 3 is 2.15 bits per heavy atom. The highest BCUT2D eigenvalue weighted by Gasteiger charge is 2.20. The van der Waals surface area contributed by atoms with Gasteiger partial charge in [-0.3, -0.25) is 9.78 Å². The summed E-state index contributed by atoms with van der Waals surface area (Å²) < 4.78 is 0. The van der Waals surface area contributed by atoms with Crippen LogP contribution in [0.25, 0.3) is 65.1 Å². The van der Waals surface area contributed by atoms with Gasteiger partial charge in [0, 0.05) is 28.1 Å². The fraction of sp³-hybridized carbons (Fsp3) is 0. The van der Waals surface area contributed by atoms with Crippen LogP contribution in [0.5, 0.6) is 5.75 Å². The Morgan fingerprint density at radius 1 is 0.667 bits per heavy atom. The summed E-state index contributed by atoms with van der Waals surface area (Å²) in [6.07, 6.45) is 1.65. The van der Waals surface area contributed by atoms with Crippen LogP contribution in [-0.4, -0.2) is 27.1 Å². The Labute approximate surface area is 221 Å². The summed E-state index contributed by atoms with van der Waals surface area (Å²) in [5.74, 6) is -2.16. The molecule has 0 aliphatic rings. The molecular weight excluding hydrogens is 488 g/mol. The summed E-state index contributed by atoms with van der Waals surface area (Å²) in [4.78, 5) is 28.6. The fourth-order valence-electron chi connectivity index (χ4n) is 5.58. The first-order valence-electron chi connectivity index (χ1n) is 12.4. The van der Waals surface area contributed by atoms with E-state index in [4.69, 9.17) is 10.7 Å². The molecule has 1 aromatic heterocycles. The van der Waals surface area contributed by atoms with Crippen molar-refractivity contribution in [3.63, 3.8) is 0 Å². The minimum absolute atomic E-state index is 0.0586. The second kappa shape index (κ2) is 8.26. The molecule has 186 valence electrons. The van der Waals surface area contributed by atoms with Crippen LogP contribution in [-0.2, 0) is 0 Å². The van der Waals surface area contributed by atoms with Crippen LogP contribution < -0.4 is 5.73 Å². The number of aromatic hydroxyl groups is 1. The maximum absolute atomic E-state index is 12.3. The van der Waals surface area contributed by atoms with Crippen molar-refractivity contribution in [3.05, 3.63) is 108 Å². The molecule has 0 aliphatic heterocycles. The topological polar surface area (TPSA) is 114 Å². The number of hydrogen-bond acceptors (Lipinski definition) is 4. The Morgan fingerprint density at radius 2 is 1.38 bits per heavy atom. The normalized spacial score (nSPS) is 11.6. The van der Waals surface area contributed by atoms with E-state index in [0.29, 0.717) is 21.9 Å². The number of aromatic carboxylic acids is 1. The monoisotopic (exact) mass is 508 g/mol. The largest absolute Gasteiger partial charge is 0.506 e. The molecule has 0 fully saturated rings. The molecule has 7 aromatic rings. The molecule has 39 heavy (non-hydrogen) atoms. The van der Waals surface area contributed by atoms with Crippen LogP contribution in [0.4, 0.5) is 0 Å². The number of fused-ring (bicyclic) bond motifs is 7. The van der Waals surface area contributed by atoms with Gasteiger partial charge in [0.15, 0.2) is 0 Å². The Hall–Kier alpha value is -5.49. The summed E-state index contributed by atoms with van der Waals surface area (Å²) in [6.45, 7) is 0. The minimum atomic E-state index is -1.09. The zero-order valence-electron chi connectivity index (χ0n) is 20.5. The van der Waals surface area contributed by atoms with E-state index in [0.717, 1.165) is 32.4 Å². The van der Waals surface area contributed by atoms with Crippen molar-refractivity contribution in [3.8, 4) is 16.9 Å². The third-order valence-corrected chi connectivity index (χ3v) is 7.45. The van der Waals surface area contributed by atoms with Crippen LogP contribution in [0, 0.1) is 0 Å². The van der Waals surface area contributed by atoms with Gasteiger partial charge in [-0.15, -0.1) is 0 Å². The van der Waals surface area contributed by atoms with Gasteiger partial charge >= 0.3 is 5.97 Å². The van der Waals surface area contributed by atoms with Gasteiger partial charge in [-0.25, -0.2) is 4.79 Å². The summed E-state index contributed by atoms with van der Waals surface area (Å²) >= 11 is 0. The molecular formula is C33H20N2O4. The first-order chi connectivity index (χ1) is 18.9. The number of nitrogens with two attached hydrogens (primary N) is 1. The average Bonchev–Trinajstić information content (AvgIpc) is 2.94. The van der Waals surface area contributed by atoms with E-state index in [9.17, 15) is 19.8 Å². The number of aromatic nitrogens is 1. The molecule has 0 bridgehead atoms. The van der Waals surface area contributed by atoms with Crippen molar-refractivity contribution < 1.29 is 19.8 Å². The van der Waals surface area contributed by atoms with Crippen molar-refractivity contribution in [1.29, 1.82) is 0 Å². The van der Waals surface area contributed by atoms with Gasteiger partial charge in [0.2, 0.25) is 0 Å². The van der Waals surface area contributed by atoms with E-state index in [1.54, 1.807) is 12.3 Å². The lowest BCUT2D eigenvalue weighted by molar-refractivity contribution is 0.0697. The molecule has 7 rings (SSSR count). The maximum Gasteiger partial charge on any atom is 0.335 e. The van der Waals surface area contributed by atoms with E-state index < -0.39 is 11.9 Å². The average molecular weight is 509 g/mol. The molecule has 0 atom stereocenters. The summed E-state index contributed by atoms with van der Waals surface area (Å²) in [7, 11) is 0. The van der Waals surface area contributed by atoms with E-state index in [1.165, 1.54) is 29.0 Å². The summed E-state index contributed by atoms with van der Waals surface area (Å²) in [5, 5.41) is 29.0. The molecule has 6 heteroatoms. The number of phenols is 1. The van der Waals surface area contributed by atoms with Crippen molar-refractivity contribution in [2.45, 2.75) is 0 Å². The number of carboxylic acid groups (broad SMARTS) is 1. The molecule has 1 amide bonds. The third-order valence-electron chi connectivity index (χ3n) is 7.45. The van der Waals surface area contributed by atoms with Crippen molar-refractivity contribution in [2.75, 3.05) is 0 Å². The van der Waals surface area contributed by atoms with Crippen molar-refractivity contribution in [1.82, 2.24) is 4.98 Å². The van der Waals surface area contributed by atoms with Crippen LogP contribution in [0.15, 0.2) is 97.2 Å². The van der Waals surface area contributed by atoms with Crippen molar-refractivity contribution >= 4 is 65.9 Å². The molecule has 6 aromatic carbocycles. The number of primary amides is 1. The van der Waals surface area contributed by atoms with Gasteiger partial charge in [-0.2, -0.15) is 0 Å². The maximum atomic E-state index is 12.3. The van der Waals surface area contributed by atoms with Crippen LogP contribution >= 0.6 is 0 Å².